The number of aromatic nitrogens is 1. The second-order valence-corrected chi connectivity index (χ2v) is 5.17. The fourth-order valence-corrected chi connectivity index (χ4v) is 2.52. The average Bonchev–Trinajstić information content (AvgIpc) is 2.80. The van der Waals surface area contributed by atoms with Gasteiger partial charge in [-0.3, -0.25) is 14.9 Å². The molecule has 0 aliphatic carbocycles. The van der Waals surface area contributed by atoms with Gasteiger partial charge < -0.3 is 10.3 Å². The molecule has 0 bridgehead atoms. The first-order valence-corrected chi connectivity index (χ1v) is 6.22. The van der Waals surface area contributed by atoms with E-state index >= 15 is 0 Å². The highest BCUT2D eigenvalue weighted by Gasteiger charge is 2.39. The molecule has 5 nitrogen and oxygen atoms in total. The van der Waals surface area contributed by atoms with Gasteiger partial charge in [0.1, 0.15) is 5.54 Å². The molecule has 1 aliphatic rings. The van der Waals surface area contributed by atoms with Gasteiger partial charge in [-0.2, -0.15) is 0 Å². The van der Waals surface area contributed by atoms with E-state index in [2.05, 4.69) is 5.32 Å². The van der Waals surface area contributed by atoms with Gasteiger partial charge in [-0.15, -0.1) is 0 Å². The number of piperidine rings is 1. The number of hydrogen-bond acceptors (Lipinski definition) is 3. The fraction of sp³-hybridized carbons (Fsp3) is 0.286. The Balaban J connectivity index is 2.11. The van der Waals surface area contributed by atoms with Crippen molar-refractivity contribution in [3.63, 3.8) is 0 Å². The van der Waals surface area contributed by atoms with Gasteiger partial charge in [0, 0.05) is 35.3 Å². The van der Waals surface area contributed by atoms with Gasteiger partial charge in [0.05, 0.1) is 0 Å². The van der Waals surface area contributed by atoms with E-state index < -0.39 is 5.54 Å². The number of carbonyl (C=O) groups is 2. The smallest absolute Gasteiger partial charge is 0.252 e. The van der Waals surface area contributed by atoms with Crippen LogP contribution < -0.4 is 11.1 Å². The third-order valence-electron chi connectivity index (χ3n) is 3.87. The third-order valence-corrected chi connectivity index (χ3v) is 3.87. The van der Waals surface area contributed by atoms with Crippen LogP contribution in [0.3, 0.4) is 0 Å². The van der Waals surface area contributed by atoms with E-state index in [9.17, 15) is 9.59 Å². The molecule has 1 atom stereocenters. The Kier molecular flexibility index (Phi) is 2.38. The first-order valence-electron chi connectivity index (χ1n) is 6.22. The molecule has 2 heterocycles. The molecule has 98 valence electrons. The summed E-state index contributed by atoms with van der Waals surface area (Å²) in [6.45, 7) is 1.84. The maximum absolute atomic E-state index is 12.1. The van der Waals surface area contributed by atoms with Crippen LogP contribution >= 0.6 is 0 Å². The summed E-state index contributed by atoms with van der Waals surface area (Å²) in [5, 5.41) is 4.31. The number of fused-ring (bicyclic) bond motifs is 1. The molecule has 0 unspecified atom stereocenters. The number of nitrogen functional groups attached to an aromatic ring is 1. The van der Waals surface area contributed by atoms with Gasteiger partial charge in [0.25, 0.3) is 5.91 Å². The number of rotatable bonds is 1. The van der Waals surface area contributed by atoms with Gasteiger partial charge in [-0.25, -0.2) is 0 Å². The minimum Gasteiger partial charge on any atom is -0.398 e. The standard InChI is InChI=1S/C14H15N3O2/c1-14(6-5-12(18)16-13(14)19)17-7-9-3-2-4-11(15)10(9)8-17/h2-4,7-8H,5-6,15H2,1H3,(H,16,18,19)/t14-/m1/s1. The van der Waals surface area contributed by atoms with E-state index in [-0.39, 0.29) is 11.8 Å². The fourth-order valence-electron chi connectivity index (χ4n) is 2.52. The molecule has 2 amide bonds. The van der Waals surface area contributed by atoms with E-state index in [0.29, 0.717) is 18.5 Å². The molecule has 1 fully saturated rings. The van der Waals surface area contributed by atoms with Crippen LogP contribution in [0.25, 0.3) is 10.8 Å². The number of benzene rings is 1. The summed E-state index contributed by atoms with van der Waals surface area (Å²) in [5.74, 6) is -0.471. The number of amides is 2. The topological polar surface area (TPSA) is 77.1 Å². The molecule has 1 saturated heterocycles. The maximum atomic E-state index is 12.1. The molecular weight excluding hydrogens is 242 g/mol. The number of nitrogens with two attached hydrogens (primary N) is 1. The molecular formula is C14H15N3O2. The number of anilines is 1. The molecule has 3 N–H and O–H groups in total. The van der Waals surface area contributed by atoms with Crippen molar-refractivity contribution in [3.05, 3.63) is 30.6 Å². The minimum absolute atomic E-state index is 0.210. The zero-order valence-electron chi connectivity index (χ0n) is 10.6. The van der Waals surface area contributed by atoms with Crippen LogP contribution in [0.5, 0.6) is 0 Å². The number of carbonyl (C=O) groups excluding carboxylic acids is 2. The van der Waals surface area contributed by atoms with Crippen LogP contribution in [0.1, 0.15) is 19.8 Å². The van der Waals surface area contributed by atoms with Crippen LogP contribution in [-0.4, -0.2) is 16.4 Å². The van der Waals surface area contributed by atoms with Crippen molar-refractivity contribution in [1.29, 1.82) is 0 Å². The molecule has 0 radical (unpaired) electrons. The molecule has 0 spiro atoms. The van der Waals surface area contributed by atoms with E-state index in [4.69, 9.17) is 5.73 Å². The average molecular weight is 257 g/mol. The Morgan fingerprint density at radius 2 is 2.11 bits per heavy atom. The monoisotopic (exact) mass is 257 g/mol. The maximum Gasteiger partial charge on any atom is 0.252 e. The number of nitrogens with zero attached hydrogens (tertiary/aromatic N) is 1. The molecule has 1 aromatic heterocycles. The summed E-state index contributed by atoms with van der Waals surface area (Å²) in [4.78, 5) is 23.4. The second kappa shape index (κ2) is 3.85. The highest BCUT2D eigenvalue weighted by atomic mass is 16.2. The van der Waals surface area contributed by atoms with Crippen LogP contribution in [0.2, 0.25) is 0 Å². The van der Waals surface area contributed by atoms with Crippen LogP contribution in [0.15, 0.2) is 30.6 Å². The van der Waals surface area contributed by atoms with E-state index in [1.54, 1.807) is 0 Å². The highest BCUT2D eigenvalue weighted by Crippen LogP contribution is 2.31. The van der Waals surface area contributed by atoms with Crippen LogP contribution in [0, 0.1) is 0 Å². The van der Waals surface area contributed by atoms with Crippen molar-refractivity contribution < 1.29 is 9.59 Å². The molecule has 1 aromatic carbocycles. The van der Waals surface area contributed by atoms with Crippen molar-refractivity contribution in [1.82, 2.24) is 9.88 Å². The van der Waals surface area contributed by atoms with Crippen LogP contribution in [0.4, 0.5) is 5.69 Å². The SMILES string of the molecule is C[C@@]1(n2cc3cccc(N)c3c2)CCC(=O)NC1=O. The van der Waals surface area contributed by atoms with Gasteiger partial charge in [-0.1, -0.05) is 12.1 Å². The van der Waals surface area contributed by atoms with Crippen molar-refractivity contribution in [2.24, 2.45) is 0 Å². The highest BCUT2D eigenvalue weighted by molar-refractivity contribution is 6.02. The lowest BCUT2D eigenvalue weighted by Crippen LogP contribution is -2.52. The lowest BCUT2D eigenvalue weighted by Gasteiger charge is -2.33. The number of hydrogen-bond donors (Lipinski definition) is 2. The first-order chi connectivity index (χ1) is 9.00. The van der Waals surface area contributed by atoms with Crippen molar-refractivity contribution >= 4 is 28.3 Å². The molecule has 2 aromatic rings. The Hall–Kier alpha value is -2.30. The van der Waals surface area contributed by atoms with Crippen LogP contribution in [-0.2, 0) is 15.1 Å². The van der Waals surface area contributed by atoms with Gasteiger partial charge in [0.2, 0.25) is 5.91 Å². The third kappa shape index (κ3) is 1.69. The zero-order valence-corrected chi connectivity index (χ0v) is 10.6. The van der Waals surface area contributed by atoms with Crippen molar-refractivity contribution in [2.45, 2.75) is 25.3 Å². The zero-order chi connectivity index (χ0) is 13.6. The lowest BCUT2D eigenvalue weighted by molar-refractivity contribution is -0.140. The predicted octanol–water partition coefficient (Wildman–Crippen LogP) is 1.38. The van der Waals surface area contributed by atoms with Gasteiger partial charge in [-0.05, 0) is 19.4 Å². The molecule has 0 saturated carbocycles. The molecule has 5 heteroatoms. The normalized spacial score (nSPS) is 23.6. The van der Waals surface area contributed by atoms with E-state index in [1.807, 2.05) is 42.1 Å². The summed E-state index contributed by atoms with van der Waals surface area (Å²) in [6, 6.07) is 5.67. The lowest BCUT2D eigenvalue weighted by atomic mass is 9.91. The second-order valence-electron chi connectivity index (χ2n) is 5.17. The summed E-state index contributed by atoms with van der Waals surface area (Å²) in [7, 11) is 0. The Labute approximate surface area is 110 Å². The number of imide groups is 1. The van der Waals surface area contributed by atoms with E-state index in [1.165, 1.54) is 0 Å². The predicted molar refractivity (Wildman–Crippen MR) is 72.4 cm³/mol. The summed E-state index contributed by atoms with van der Waals surface area (Å²) in [6.07, 6.45) is 4.63. The van der Waals surface area contributed by atoms with Crippen molar-refractivity contribution in [3.8, 4) is 0 Å². The summed E-state index contributed by atoms with van der Waals surface area (Å²) >= 11 is 0. The van der Waals surface area contributed by atoms with Gasteiger partial charge in [0.15, 0.2) is 0 Å². The minimum atomic E-state index is -0.737. The Morgan fingerprint density at radius 1 is 1.32 bits per heavy atom. The first kappa shape index (κ1) is 11.8. The summed E-state index contributed by atoms with van der Waals surface area (Å²) < 4.78 is 1.86. The summed E-state index contributed by atoms with van der Waals surface area (Å²) in [5.41, 5.74) is 5.88. The molecule has 3 rings (SSSR count). The Morgan fingerprint density at radius 3 is 2.79 bits per heavy atom. The quantitative estimate of drug-likeness (QED) is 0.598. The van der Waals surface area contributed by atoms with Crippen molar-refractivity contribution in [2.75, 3.05) is 5.73 Å². The van der Waals surface area contributed by atoms with E-state index in [0.717, 1.165) is 10.8 Å². The number of nitrogens with one attached hydrogen (secondary N) is 1. The Bertz CT molecular complexity index is 689. The molecule has 1 aliphatic heterocycles. The molecule has 19 heavy (non-hydrogen) atoms. The van der Waals surface area contributed by atoms with Gasteiger partial charge >= 0.3 is 0 Å². The largest absolute Gasteiger partial charge is 0.398 e.